The molecular weight excluding hydrogens is 354 g/mol. The van der Waals surface area contributed by atoms with Crippen molar-refractivity contribution >= 4 is 17.7 Å². The average Bonchev–Trinajstić information content (AvgIpc) is 3.13. The second-order valence-corrected chi connectivity index (χ2v) is 7.12. The number of likely N-dealkylation sites (tertiary alicyclic amines) is 1. The van der Waals surface area contributed by atoms with E-state index in [1.807, 2.05) is 56.3 Å². The Balaban J connectivity index is 1.55. The first kappa shape index (κ1) is 19.8. The summed E-state index contributed by atoms with van der Waals surface area (Å²) in [4.78, 5) is 38.7. The topological polar surface area (TPSA) is 63.7 Å². The molecule has 146 valence electrons. The Hall–Kier alpha value is -2.95. The molecular formula is C23H25NO4. The van der Waals surface area contributed by atoms with E-state index in [0.29, 0.717) is 12.1 Å². The Morgan fingerprint density at radius 1 is 1.11 bits per heavy atom. The first-order valence-electron chi connectivity index (χ1n) is 9.62. The lowest BCUT2D eigenvalue weighted by Crippen LogP contribution is -2.30. The van der Waals surface area contributed by atoms with E-state index in [-0.39, 0.29) is 30.8 Å². The average molecular weight is 379 g/mol. The van der Waals surface area contributed by atoms with Crippen LogP contribution in [-0.4, -0.2) is 35.7 Å². The molecule has 28 heavy (non-hydrogen) atoms. The van der Waals surface area contributed by atoms with Crippen LogP contribution in [-0.2, 0) is 20.7 Å². The lowest BCUT2D eigenvalue weighted by Gasteiger charge is -2.25. The van der Waals surface area contributed by atoms with Gasteiger partial charge in [-0.2, -0.15) is 0 Å². The molecule has 1 heterocycles. The normalized spacial score (nSPS) is 17.4. The van der Waals surface area contributed by atoms with Crippen LogP contribution in [0.1, 0.15) is 47.8 Å². The van der Waals surface area contributed by atoms with Crippen LogP contribution in [0.4, 0.5) is 0 Å². The number of ether oxygens (including phenoxy) is 1. The van der Waals surface area contributed by atoms with Gasteiger partial charge in [0, 0.05) is 18.5 Å². The Bertz CT molecular complexity index is 845. The molecule has 2 atom stereocenters. The van der Waals surface area contributed by atoms with E-state index in [0.717, 1.165) is 17.5 Å². The van der Waals surface area contributed by atoms with Gasteiger partial charge in [0.1, 0.15) is 0 Å². The van der Waals surface area contributed by atoms with E-state index < -0.39 is 11.9 Å². The van der Waals surface area contributed by atoms with Crippen LogP contribution in [0.3, 0.4) is 0 Å². The first-order valence-corrected chi connectivity index (χ1v) is 9.62. The summed E-state index contributed by atoms with van der Waals surface area (Å²) in [5.74, 6) is -1.34. The van der Waals surface area contributed by atoms with Gasteiger partial charge in [-0.25, -0.2) is 0 Å². The molecule has 1 saturated heterocycles. The fourth-order valence-electron chi connectivity index (χ4n) is 3.44. The number of carbonyl (C=O) groups excluding carboxylic acids is 3. The van der Waals surface area contributed by atoms with Crippen molar-refractivity contribution < 1.29 is 19.1 Å². The molecule has 0 aliphatic carbocycles. The van der Waals surface area contributed by atoms with E-state index in [4.69, 9.17) is 4.74 Å². The summed E-state index contributed by atoms with van der Waals surface area (Å²) in [5, 5.41) is 0. The second kappa shape index (κ2) is 8.83. The third-order valence-corrected chi connectivity index (χ3v) is 5.27. The Morgan fingerprint density at radius 2 is 1.79 bits per heavy atom. The third-order valence-electron chi connectivity index (χ3n) is 5.27. The zero-order valence-electron chi connectivity index (χ0n) is 16.3. The summed E-state index contributed by atoms with van der Waals surface area (Å²) in [6.45, 7) is 4.00. The van der Waals surface area contributed by atoms with Crippen molar-refractivity contribution in [2.45, 2.75) is 32.7 Å². The molecule has 5 nitrogen and oxygen atoms in total. The molecule has 1 aliphatic rings. The number of hydrogen-bond acceptors (Lipinski definition) is 4. The van der Waals surface area contributed by atoms with E-state index in [2.05, 4.69) is 0 Å². The van der Waals surface area contributed by atoms with Crippen molar-refractivity contribution in [3.63, 3.8) is 0 Å². The molecule has 0 bridgehead atoms. The maximum Gasteiger partial charge on any atom is 0.311 e. The smallest absolute Gasteiger partial charge is 0.311 e. The van der Waals surface area contributed by atoms with E-state index in [9.17, 15) is 14.4 Å². The molecule has 1 amide bonds. The number of nitrogens with zero attached hydrogens (tertiary/aromatic N) is 1. The number of rotatable bonds is 7. The number of Topliss-reactive ketones (excluding diaryl/α,β-unsaturated/α-hetero) is 1. The maximum atomic E-state index is 12.4. The number of benzene rings is 2. The quantitative estimate of drug-likeness (QED) is 0.545. The Labute approximate surface area is 165 Å². The standard InChI is InChI=1S/C23H25NO4/c1-3-17-9-11-19(12-10-17)21(25)15-28-23(27)20-13-22(26)24(14-20)16(2)18-7-5-4-6-8-18/h4-12,16,20H,3,13-15H2,1-2H3/t16-,20-/m1/s1. The molecule has 1 aliphatic heterocycles. The number of carbonyl (C=O) groups is 3. The van der Waals surface area contributed by atoms with Crippen LogP contribution in [0, 0.1) is 5.92 Å². The van der Waals surface area contributed by atoms with E-state index in [1.54, 1.807) is 17.0 Å². The van der Waals surface area contributed by atoms with Gasteiger partial charge >= 0.3 is 5.97 Å². The van der Waals surface area contributed by atoms with Crippen molar-refractivity contribution in [2.24, 2.45) is 5.92 Å². The molecule has 2 aromatic rings. The zero-order chi connectivity index (χ0) is 20.1. The summed E-state index contributed by atoms with van der Waals surface area (Å²) < 4.78 is 5.21. The number of esters is 1. The minimum atomic E-state index is -0.533. The summed E-state index contributed by atoms with van der Waals surface area (Å²) in [6.07, 6.45) is 1.02. The second-order valence-electron chi connectivity index (χ2n) is 7.12. The van der Waals surface area contributed by atoms with E-state index in [1.165, 1.54) is 0 Å². The molecule has 3 rings (SSSR count). The van der Waals surface area contributed by atoms with Gasteiger partial charge in [0.15, 0.2) is 12.4 Å². The van der Waals surface area contributed by atoms with Crippen molar-refractivity contribution in [1.82, 2.24) is 4.90 Å². The molecule has 2 aromatic carbocycles. The van der Waals surface area contributed by atoms with Crippen molar-refractivity contribution in [3.05, 3.63) is 71.3 Å². The first-order chi connectivity index (χ1) is 13.5. The zero-order valence-corrected chi connectivity index (χ0v) is 16.3. The predicted molar refractivity (Wildman–Crippen MR) is 106 cm³/mol. The highest BCUT2D eigenvalue weighted by molar-refractivity contribution is 5.98. The highest BCUT2D eigenvalue weighted by Crippen LogP contribution is 2.29. The number of aryl methyl sites for hydroxylation is 1. The number of ketones is 1. The van der Waals surface area contributed by atoms with Crippen LogP contribution in [0.5, 0.6) is 0 Å². The van der Waals surface area contributed by atoms with Gasteiger partial charge in [0.05, 0.1) is 12.0 Å². The molecule has 0 unspecified atom stereocenters. The number of amides is 1. The van der Waals surface area contributed by atoms with Crippen LogP contribution >= 0.6 is 0 Å². The molecule has 0 aromatic heterocycles. The predicted octanol–water partition coefficient (Wildman–Crippen LogP) is 3.58. The van der Waals surface area contributed by atoms with Gasteiger partial charge in [-0.1, -0.05) is 61.5 Å². The van der Waals surface area contributed by atoms with Crippen LogP contribution in [0.2, 0.25) is 0 Å². The molecule has 0 radical (unpaired) electrons. The summed E-state index contributed by atoms with van der Waals surface area (Å²) in [6, 6.07) is 16.9. The third kappa shape index (κ3) is 4.47. The lowest BCUT2D eigenvalue weighted by molar-refractivity contribution is -0.147. The van der Waals surface area contributed by atoms with Crippen LogP contribution < -0.4 is 0 Å². The summed E-state index contributed by atoms with van der Waals surface area (Å²) in [5.41, 5.74) is 2.69. The van der Waals surface area contributed by atoms with Gasteiger partial charge < -0.3 is 9.64 Å². The van der Waals surface area contributed by atoms with Gasteiger partial charge in [-0.15, -0.1) is 0 Å². The minimum Gasteiger partial charge on any atom is -0.457 e. The summed E-state index contributed by atoms with van der Waals surface area (Å²) in [7, 11) is 0. The van der Waals surface area contributed by atoms with Gasteiger partial charge in [-0.3, -0.25) is 14.4 Å². The minimum absolute atomic E-state index is 0.0696. The van der Waals surface area contributed by atoms with Gasteiger partial charge in [0.25, 0.3) is 0 Å². The summed E-state index contributed by atoms with van der Waals surface area (Å²) >= 11 is 0. The molecule has 0 N–H and O–H groups in total. The molecule has 0 spiro atoms. The fourth-order valence-corrected chi connectivity index (χ4v) is 3.44. The van der Waals surface area contributed by atoms with Crippen molar-refractivity contribution in [2.75, 3.05) is 13.2 Å². The van der Waals surface area contributed by atoms with Crippen molar-refractivity contribution in [3.8, 4) is 0 Å². The van der Waals surface area contributed by atoms with E-state index >= 15 is 0 Å². The van der Waals surface area contributed by atoms with Gasteiger partial charge in [-0.05, 0) is 24.5 Å². The SMILES string of the molecule is CCc1ccc(C(=O)COC(=O)[C@@H]2CC(=O)N([C@H](C)c3ccccc3)C2)cc1. The highest BCUT2D eigenvalue weighted by Gasteiger charge is 2.38. The molecule has 1 fully saturated rings. The Morgan fingerprint density at radius 3 is 2.43 bits per heavy atom. The van der Waals surface area contributed by atoms with Crippen molar-refractivity contribution in [1.29, 1.82) is 0 Å². The van der Waals surface area contributed by atoms with Crippen LogP contribution in [0.25, 0.3) is 0 Å². The highest BCUT2D eigenvalue weighted by atomic mass is 16.5. The maximum absolute atomic E-state index is 12.4. The largest absolute Gasteiger partial charge is 0.457 e. The lowest BCUT2D eigenvalue weighted by atomic mass is 10.1. The molecule has 5 heteroatoms. The van der Waals surface area contributed by atoms with Crippen LogP contribution in [0.15, 0.2) is 54.6 Å². The Kier molecular flexibility index (Phi) is 6.24. The van der Waals surface area contributed by atoms with Gasteiger partial charge in [0.2, 0.25) is 5.91 Å². The monoisotopic (exact) mass is 379 g/mol. The fraction of sp³-hybridized carbons (Fsp3) is 0.348. The molecule has 0 saturated carbocycles. The number of hydrogen-bond donors (Lipinski definition) is 0.